The lowest BCUT2D eigenvalue weighted by Crippen LogP contribution is -2.15. The number of rotatable bonds is 4. The number of hydrogen-bond donors (Lipinski definition) is 3. The number of nitriles is 1. The van der Waals surface area contributed by atoms with Crippen LogP contribution in [-0.2, 0) is 6.18 Å². The highest BCUT2D eigenvalue weighted by molar-refractivity contribution is 5.94. The number of nitrogens with zero attached hydrogens (tertiary/aromatic N) is 5. The van der Waals surface area contributed by atoms with Crippen molar-refractivity contribution in [2.45, 2.75) is 19.1 Å². The summed E-state index contributed by atoms with van der Waals surface area (Å²) < 4.78 is 39.4. The molecular formula is C19H13F3N8O. The number of halogens is 3. The molecule has 0 aromatic carbocycles. The lowest BCUT2D eigenvalue weighted by Gasteiger charge is -2.14. The van der Waals surface area contributed by atoms with Crippen LogP contribution < -0.4 is 11.0 Å². The summed E-state index contributed by atoms with van der Waals surface area (Å²) in [5.74, 6) is 0.141. The maximum Gasteiger partial charge on any atom is 0.417 e. The van der Waals surface area contributed by atoms with Gasteiger partial charge in [0.15, 0.2) is 0 Å². The fourth-order valence-corrected chi connectivity index (χ4v) is 2.96. The van der Waals surface area contributed by atoms with Gasteiger partial charge in [-0.2, -0.15) is 18.4 Å². The van der Waals surface area contributed by atoms with Crippen LogP contribution in [0.4, 0.5) is 19.1 Å². The SMILES string of the molecule is C[C@@H](Nc1ncc(C#N)c(-c2c[nH]c3ncc(C(F)(F)F)cc23)n1)c1cnc(=O)[nH]c1. The zero-order valence-corrected chi connectivity index (χ0v) is 15.8. The van der Waals surface area contributed by atoms with Gasteiger partial charge in [-0.15, -0.1) is 0 Å². The fraction of sp³-hybridized carbons (Fsp3) is 0.158. The molecule has 1 atom stereocenters. The maximum atomic E-state index is 13.1. The molecule has 0 aliphatic rings. The van der Waals surface area contributed by atoms with E-state index >= 15 is 0 Å². The number of aromatic amines is 2. The van der Waals surface area contributed by atoms with Crippen LogP contribution in [-0.4, -0.2) is 29.9 Å². The van der Waals surface area contributed by atoms with E-state index in [0.29, 0.717) is 5.56 Å². The van der Waals surface area contributed by atoms with Crippen molar-refractivity contribution in [2.75, 3.05) is 5.32 Å². The standard InChI is InChI=1S/C19H13F3N8O/c1-9(11-5-27-18(31)28-6-11)29-17-26-4-10(3-23)15(30-17)14-8-25-16-13(14)2-12(7-24-16)19(20,21)22/h2,4-9H,1H3,(H,24,25)(H,26,29,30)(H,27,28,31)/t9-/m1/s1. The molecule has 31 heavy (non-hydrogen) atoms. The Morgan fingerprint density at radius 2 is 1.94 bits per heavy atom. The van der Waals surface area contributed by atoms with Gasteiger partial charge in [-0.1, -0.05) is 0 Å². The predicted molar refractivity (Wildman–Crippen MR) is 104 cm³/mol. The Bertz CT molecular complexity index is 1350. The van der Waals surface area contributed by atoms with Crippen LogP contribution in [0.3, 0.4) is 0 Å². The van der Waals surface area contributed by atoms with Crippen molar-refractivity contribution in [3.63, 3.8) is 0 Å². The Hall–Kier alpha value is -4.27. The van der Waals surface area contributed by atoms with E-state index in [1.165, 1.54) is 24.8 Å². The predicted octanol–water partition coefficient (Wildman–Crippen LogP) is 3.17. The number of nitrogens with one attached hydrogen (secondary N) is 3. The largest absolute Gasteiger partial charge is 0.417 e. The van der Waals surface area contributed by atoms with Crippen LogP contribution in [0.25, 0.3) is 22.3 Å². The van der Waals surface area contributed by atoms with Gasteiger partial charge in [0.2, 0.25) is 5.95 Å². The molecule has 0 saturated heterocycles. The Kier molecular flexibility index (Phi) is 4.86. The fourth-order valence-electron chi connectivity index (χ4n) is 2.96. The molecule has 3 N–H and O–H groups in total. The molecule has 0 amide bonds. The zero-order chi connectivity index (χ0) is 22.2. The van der Waals surface area contributed by atoms with Crippen molar-refractivity contribution in [1.82, 2.24) is 29.9 Å². The number of pyridine rings is 1. The molecule has 156 valence electrons. The lowest BCUT2D eigenvalue weighted by molar-refractivity contribution is -0.137. The van der Waals surface area contributed by atoms with E-state index in [4.69, 9.17) is 0 Å². The smallest absolute Gasteiger partial charge is 0.348 e. The van der Waals surface area contributed by atoms with Gasteiger partial charge in [0.1, 0.15) is 11.7 Å². The number of alkyl halides is 3. The second kappa shape index (κ2) is 7.52. The normalized spacial score (nSPS) is 12.5. The molecule has 12 heteroatoms. The molecule has 4 aromatic rings. The highest BCUT2D eigenvalue weighted by atomic mass is 19.4. The van der Waals surface area contributed by atoms with Crippen LogP contribution in [0.5, 0.6) is 0 Å². The first-order valence-corrected chi connectivity index (χ1v) is 8.89. The van der Waals surface area contributed by atoms with Crippen LogP contribution in [0.1, 0.15) is 29.7 Å². The Morgan fingerprint density at radius 3 is 2.61 bits per heavy atom. The Morgan fingerprint density at radius 1 is 1.13 bits per heavy atom. The minimum Gasteiger partial charge on any atom is -0.348 e. The van der Waals surface area contributed by atoms with Gasteiger partial charge < -0.3 is 15.3 Å². The van der Waals surface area contributed by atoms with E-state index in [2.05, 4.69) is 35.2 Å². The molecule has 0 bridgehead atoms. The van der Waals surface area contributed by atoms with Gasteiger partial charge >= 0.3 is 11.9 Å². The average Bonchev–Trinajstić information content (AvgIpc) is 3.16. The van der Waals surface area contributed by atoms with Gasteiger partial charge in [-0.3, -0.25) is 0 Å². The second-order valence-electron chi connectivity index (χ2n) is 6.61. The number of aromatic nitrogens is 6. The number of H-pyrrole nitrogens is 2. The molecule has 0 unspecified atom stereocenters. The highest BCUT2D eigenvalue weighted by Crippen LogP contribution is 2.34. The van der Waals surface area contributed by atoms with E-state index in [-0.39, 0.29) is 39.8 Å². The summed E-state index contributed by atoms with van der Waals surface area (Å²) in [7, 11) is 0. The minimum absolute atomic E-state index is 0.0854. The van der Waals surface area contributed by atoms with E-state index in [9.17, 15) is 23.2 Å². The monoisotopic (exact) mass is 426 g/mol. The topological polar surface area (TPSA) is 136 Å². The highest BCUT2D eigenvalue weighted by Gasteiger charge is 2.31. The van der Waals surface area contributed by atoms with Gasteiger partial charge in [0, 0.05) is 41.3 Å². The summed E-state index contributed by atoms with van der Waals surface area (Å²) in [6.45, 7) is 1.78. The number of fused-ring (bicyclic) bond motifs is 1. The summed E-state index contributed by atoms with van der Waals surface area (Å²) in [5.41, 5.74) is 0.00764. The van der Waals surface area contributed by atoms with Crippen molar-refractivity contribution in [2.24, 2.45) is 0 Å². The summed E-state index contributed by atoms with van der Waals surface area (Å²) in [6.07, 6.45) is 1.78. The van der Waals surface area contributed by atoms with Crippen molar-refractivity contribution >= 4 is 17.0 Å². The van der Waals surface area contributed by atoms with Crippen LogP contribution in [0, 0.1) is 11.3 Å². The summed E-state index contributed by atoms with van der Waals surface area (Å²) in [6, 6.07) is 2.56. The van der Waals surface area contributed by atoms with E-state index < -0.39 is 17.4 Å². The first kappa shape index (κ1) is 20.0. The molecule has 0 aliphatic heterocycles. The van der Waals surface area contributed by atoms with Crippen LogP contribution in [0.2, 0.25) is 0 Å². The van der Waals surface area contributed by atoms with Crippen molar-refractivity contribution in [1.29, 1.82) is 5.26 Å². The summed E-state index contributed by atoms with van der Waals surface area (Å²) >= 11 is 0. The number of anilines is 1. The van der Waals surface area contributed by atoms with Crippen LogP contribution >= 0.6 is 0 Å². The molecule has 4 aromatic heterocycles. The molecule has 0 aliphatic carbocycles. The van der Waals surface area contributed by atoms with Crippen molar-refractivity contribution in [3.8, 4) is 17.3 Å². The van der Waals surface area contributed by atoms with Crippen molar-refractivity contribution < 1.29 is 13.2 Å². The van der Waals surface area contributed by atoms with E-state index in [0.717, 1.165) is 12.3 Å². The molecule has 4 heterocycles. The molecule has 0 saturated carbocycles. The van der Waals surface area contributed by atoms with Gasteiger partial charge in [-0.25, -0.2) is 24.7 Å². The summed E-state index contributed by atoms with van der Waals surface area (Å²) in [5, 5.41) is 12.6. The molecule has 4 rings (SSSR count). The molecule has 0 spiro atoms. The molecule has 9 nitrogen and oxygen atoms in total. The third-order valence-corrected chi connectivity index (χ3v) is 4.56. The van der Waals surface area contributed by atoms with E-state index in [1.54, 1.807) is 6.92 Å². The van der Waals surface area contributed by atoms with Crippen LogP contribution in [0.15, 0.2) is 41.8 Å². The molecule has 0 radical (unpaired) electrons. The first-order chi connectivity index (χ1) is 14.8. The van der Waals surface area contributed by atoms with Gasteiger partial charge in [0.05, 0.1) is 29.1 Å². The third kappa shape index (κ3) is 3.93. The van der Waals surface area contributed by atoms with Gasteiger partial charge in [-0.05, 0) is 13.0 Å². The van der Waals surface area contributed by atoms with Gasteiger partial charge in [0.25, 0.3) is 0 Å². The first-order valence-electron chi connectivity index (χ1n) is 8.89. The van der Waals surface area contributed by atoms with E-state index in [1.807, 2.05) is 6.07 Å². The Balaban J connectivity index is 1.76. The summed E-state index contributed by atoms with van der Waals surface area (Å²) in [4.78, 5) is 32.3. The minimum atomic E-state index is -4.56. The second-order valence-corrected chi connectivity index (χ2v) is 6.61. The Labute approximate surface area is 172 Å². The maximum absolute atomic E-state index is 13.1. The number of hydrogen-bond acceptors (Lipinski definition) is 7. The van der Waals surface area contributed by atoms with Crippen molar-refractivity contribution in [3.05, 3.63) is 64.2 Å². The lowest BCUT2D eigenvalue weighted by atomic mass is 10.1. The third-order valence-electron chi connectivity index (χ3n) is 4.56. The zero-order valence-electron chi connectivity index (χ0n) is 15.8. The quantitative estimate of drug-likeness (QED) is 0.456. The molecular weight excluding hydrogens is 413 g/mol. The average molecular weight is 426 g/mol. The molecule has 0 fully saturated rings.